The molecule has 1 saturated heterocycles. The van der Waals surface area contributed by atoms with Crippen molar-refractivity contribution in [2.24, 2.45) is 0 Å². The molecule has 34 heavy (non-hydrogen) atoms. The maximum absolute atomic E-state index is 13.2. The molecule has 1 unspecified atom stereocenters. The first-order valence-electron chi connectivity index (χ1n) is 12.0. The van der Waals surface area contributed by atoms with Crippen LogP contribution in [-0.4, -0.2) is 42.5 Å². The van der Waals surface area contributed by atoms with E-state index in [9.17, 15) is 4.79 Å². The van der Waals surface area contributed by atoms with Gasteiger partial charge in [-0.1, -0.05) is 42.5 Å². The predicted octanol–water partition coefficient (Wildman–Crippen LogP) is 5.33. The first-order valence-corrected chi connectivity index (χ1v) is 12.0. The number of nitrogens with one attached hydrogen (secondary N) is 2. The van der Waals surface area contributed by atoms with Gasteiger partial charge in [0.05, 0.1) is 7.11 Å². The number of hydrogen-bond acceptors (Lipinski definition) is 3. The van der Waals surface area contributed by atoms with Crippen molar-refractivity contribution in [3.63, 3.8) is 0 Å². The van der Waals surface area contributed by atoms with Gasteiger partial charge in [0.15, 0.2) is 0 Å². The molecular formula is C29H31N3O2. The molecule has 0 radical (unpaired) electrons. The summed E-state index contributed by atoms with van der Waals surface area (Å²) in [6, 6.07) is 24.4. The Labute approximate surface area is 200 Å². The summed E-state index contributed by atoms with van der Waals surface area (Å²) in [6.45, 7) is 3.70. The molecular weight excluding hydrogens is 422 g/mol. The molecule has 1 fully saturated rings. The van der Waals surface area contributed by atoms with Crippen LogP contribution in [0, 0.1) is 0 Å². The number of amides is 1. The molecule has 0 bridgehead atoms. The fourth-order valence-electron chi connectivity index (χ4n) is 4.93. The zero-order valence-electron chi connectivity index (χ0n) is 19.6. The molecule has 174 valence electrons. The Bertz CT molecular complexity index is 1260. The Morgan fingerprint density at radius 2 is 1.82 bits per heavy atom. The third-order valence-electron chi connectivity index (χ3n) is 6.78. The summed E-state index contributed by atoms with van der Waals surface area (Å²) < 4.78 is 5.35. The Morgan fingerprint density at radius 3 is 2.62 bits per heavy atom. The average Bonchev–Trinajstić information content (AvgIpc) is 3.55. The fraction of sp³-hybridized carbons (Fsp3) is 0.276. The van der Waals surface area contributed by atoms with Crippen LogP contribution in [-0.2, 0) is 6.54 Å². The zero-order valence-corrected chi connectivity index (χ0v) is 19.6. The smallest absolute Gasteiger partial charge is 0.251 e. The number of rotatable bonds is 8. The second-order valence-electron chi connectivity index (χ2n) is 9.01. The van der Waals surface area contributed by atoms with Gasteiger partial charge in [0.2, 0.25) is 0 Å². The molecule has 1 aliphatic rings. The molecule has 4 aromatic rings. The fourth-order valence-corrected chi connectivity index (χ4v) is 4.93. The second kappa shape index (κ2) is 10.1. The number of benzene rings is 3. The largest absolute Gasteiger partial charge is 0.497 e. The maximum atomic E-state index is 13.2. The molecule has 5 nitrogen and oxygen atoms in total. The monoisotopic (exact) mass is 453 g/mol. The highest BCUT2D eigenvalue weighted by Crippen LogP contribution is 2.31. The topological polar surface area (TPSA) is 57.4 Å². The lowest BCUT2D eigenvalue weighted by molar-refractivity contribution is 0.0952. The summed E-state index contributed by atoms with van der Waals surface area (Å²) in [6.07, 6.45) is 4.59. The minimum absolute atomic E-state index is 0.0128. The lowest BCUT2D eigenvalue weighted by atomic mass is 9.90. The van der Waals surface area contributed by atoms with Crippen molar-refractivity contribution in [3.8, 4) is 5.75 Å². The highest BCUT2D eigenvalue weighted by atomic mass is 16.5. The number of ether oxygens (including phenoxy) is 1. The van der Waals surface area contributed by atoms with E-state index in [1.54, 1.807) is 7.11 Å². The maximum Gasteiger partial charge on any atom is 0.251 e. The van der Waals surface area contributed by atoms with Crippen LogP contribution in [0.2, 0.25) is 0 Å². The van der Waals surface area contributed by atoms with Gasteiger partial charge in [-0.05, 0) is 73.0 Å². The third kappa shape index (κ3) is 4.85. The highest BCUT2D eigenvalue weighted by Gasteiger charge is 2.20. The van der Waals surface area contributed by atoms with Crippen LogP contribution in [0.15, 0.2) is 79.0 Å². The van der Waals surface area contributed by atoms with E-state index >= 15 is 0 Å². The lowest BCUT2D eigenvalue weighted by Crippen LogP contribution is -2.29. The molecule has 2 N–H and O–H groups in total. The number of carbonyl (C=O) groups is 1. The van der Waals surface area contributed by atoms with Crippen molar-refractivity contribution in [1.29, 1.82) is 0 Å². The van der Waals surface area contributed by atoms with Crippen LogP contribution >= 0.6 is 0 Å². The quantitative estimate of drug-likeness (QED) is 0.379. The molecule has 1 atom stereocenters. The van der Waals surface area contributed by atoms with E-state index in [0.29, 0.717) is 12.1 Å². The predicted molar refractivity (Wildman–Crippen MR) is 136 cm³/mol. The van der Waals surface area contributed by atoms with Gasteiger partial charge >= 0.3 is 0 Å². The van der Waals surface area contributed by atoms with Gasteiger partial charge in [-0.3, -0.25) is 9.69 Å². The normalized spacial score (nSPS) is 14.9. The number of fused-ring (bicyclic) bond motifs is 1. The number of hydrogen-bond donors (Lipinski definition) is 2. The second-order valence-corrected chi connectivity index (χ2v) is 9.01. The van der Waals surface area contributed by atoms with Gasteiger partial charge in [0.25, 0.3) is 5.91 Å². The van der Waals surface area contributed by atoms with Gasteiger partial charge in [-0.2, -0.15) is 0 Å². The molecule has 0 aliphatic carbocycles. The SMILES string of the molecule is COc1ccc(C(CNC(=O)c2cccc(CN3CCCC3)c2)c2c[nH]c3ccccc23)cc1. The molecule has 5 heteroatoms. The Balaban J connectivity index is 1.36. The summed E-state index contributed by atoms with van der Waals surface area (Å²) in [5.41, 5.74) is 5.30. The number of aromatic nitrogens is 1. The molecule has 1 amide bonds. The molecule has 1 aromatic heterocycles. The standard InChI is InChI=1S/C29H31N3O2/c1-34-24-13-11-22(12-14-24)26(27-19-30-28-10-3-2-9-25(27)28)18-31-29(33)23-8-6-7-21(17-23)20-32-15-4-5-16-32/h2-3,6-14,17,19,26,30H,4-5,15-16,18,20H2,1H3,(H,31,33). The molecule has 3 aromatic carbocycles. The van der Waals surface area contributed by atoms with Crippen LogP contribution in [0.5, 0.6) is 5.75 Å². The van der Waals surface area contributed by atoms with Gasteiger partial charge in [-0.25, -0.2) is 0 Å². The van der Waals surface area contributed by atoms with Gasteiger partial charge in [0.1, 0.15) is 5.75 Å². The third-order valence-corrected chi connectivity index (χ3v) is 6.78. The van der Waals surface area contributed by atoms with Crippen molar-refractivity contribution in [3.05, 3.63) is 101 Å². The minimum Gasteiger partial charge on any atom is -0.497 e. The highest BCUT2D eigenvalue weighted by molar-refractivity contribution is 5.94. The van der Waals surface area contributed by atoms with E-state index in [1.165, 1.54) is 29.4 Å². The van der Waals surface area contributed by atoms with Crippen molar-refractivity contribution in [1.82, 2.24) is 15.2 Å². The number of aromatic amines is 1. The molecule has 2 heterocycles. The average molecular weight is 454 g/mol. The number of nitrogens with zero attached hydrogens (tertiary/aromatic N) is 1. The molecule has 1 aliphatic heterocycles. The molecule has 0 spiro atoms. The van der Waals surface area contributed by atoms with E-state index < -0.39 is 0 Å². The van der Waals surface area contributed by atoms with Gasteiger partial charge in [0, 0.05) is 41.7 Å². The number of methoxy groups -OCH3 is 1. The van der Waals surface area contributed by atoms with Crippen LogP contribution in [0.25, 0.3) is 10.9 Å². The first kappa shape index (κ1) is 22.2. The lowest BCUT2D eigenvalue weighted by Gasteiger charge is -2.19. The van der Waals surface area contributed by atoms with Crippen LogP contribution < -0.4 is 10.1 Å². The Kier molecular flexibility index (Phi) is 6.63. The summed E-state index contributed by atoms with van der Waals surface area (Å²) in [5, 5.41) is 4.37. The molecule has 5 rings (SSSR count). The zero-order chi connectivity index (χ0) is 23.3. The first-order chi connectivity index (χ1) is 16.7. The van der Waals surface area contributed by atoms with E-state index in [2.05, 4.69) is 57.8 Å². The number of carbonyl (C=O) groups excluding carboxylic acids is 1. The van der Waals surface area contributed by atoms with Crippen LogP contribution in [0.3, 0.4) is 0 Å². The van der Waals surface area contributed by atoms with E-state index in [4.69, 9.17) is 4.74 Å². The summed E-state index contributed by atoms with van der Waals surface area (Å²) >= 11 is 0. The Hall–Kier alpha value is -3.57. The number of likely N-dealkylation sites (tertiary alicyclic amines) is 1. The van der Waals surface area contributed by atoms with E-state index in [1.807, 2.05) is 36.4 Å². The van der Waals surface area contributed by atoms with Crippen molar-refractivity contribution in [2.45, 2.75) is 25.3 Å². The summed E-state index contributed by atoms with van der Waals surface area (Å²) in [4.78, 5) is 19.0. The van der Waals surface area contributed by atoms with Crippen molar-refractivity contribution in [2.75, 3.05) is 26.7 Å². The van der Waals surface area contributed by atoms with Gasteiger partial charge < -0.3 is 15.0 Å². The van der Waals surface area contributed by atoms with E-state index in [-0.39, 0.29) is 11.8 Å². The summed E-state index contributed by atoms with van der Waals surface area (Å²) in [5.74, 6) is 0.792. The van der Waals surface area contributed by atoms with E-state index in [0.717, 1.165) is 36.5 Å². The van der Waals surface area contributed by atoms with Crippen molar-refractivity contribution < 1.29 is 9.53 Å². The van der Waals surface area contributed by atoms with Crippen LogP contribution in [0.4, 0.5) is 0 Å². The number of para-hydroxylation sites is 1. The van der Waals surface area contributed by atoms with Gasteiger partial charge in [-0.15, -0.1) is 0 Å². The van der Waals surface area contributed by atoms with Crippen molar-refractivity contribution >= 4 is 16.8 Å². The minimum atomic E-state index is -0.0402. The molecule has 0 saturated carbocycles. The van der Waals surface area contributed by atoms with Crippen LogP contribution in [0.1, 0.15) is 45.8 Å². The number of H-pyrrole nitrogens is 1. The summed E-state index contributed by atoms with van der Waals surface area (Å²) in [7, 11) is 1.67. The Morgan fingerprint density at radius 1 is 1.03 bits per heavy atom.